The molecule has 54 heavy (non-hydrogen) atoms. The number of para-hydroxylation sites is 1. The molecule has 0 spiro atoms. The molecule has 1 aliphatic heterocycles. The first-order valence-corrected chi connectivity index (χ1v) is 19.9. The number of aromatic nitrogens is 1. The molecule has 0 bridgehead atoms. The normalized spacial score (nSPS) is 18.5. The number of benzene rings is 2. The van der Waals surface area contributed by atoms with Crippen LogP contribution in [0.2, 0.25) is 5.02 Å². The number of unbranched alkanes of at least 4 members (excludes halogenated alkanes) is 1. The highest BCUT2D eigenvalue weighted by atomic mass is 35.5. The van der Waals surface area contributed by atoms with Gasteiger partial charge >= 0.3 is 6.03 Å². The van der Waals surface area contributed by atoms with Gasteiger partial charge in [-0.05, 0) is 85.7 Å². The van der Waals surface area contributed by atoms with Gasteiger partial charge in [0, 0.05) is 66.2 Å². The molecule has 3 aromatic rings. The molecule has 6 N–H and O–H groups in total. The average Bonchev–Trinajstić information content (AvgIpc) is 4.13. The van der Waals surface area contributed by atoms with Crippen molar-refractivity contribution >= 4 is 35.3 Å². The minimum atomic E-state index is -2.03. The minimum Gasteiger partial charge on any atom is -0.490 e. The van der Waals surface area contributed by atoms with Crippen LogP contribution in [0, 0.1) is 0 Å². The van der Waals surface area contributed by atoms with Crippen LogP contribution in [-0.4, -0.2) is 128 Å². The highest BCUT2D eigenvalue weighted by Crippen LogP contribution is 2.53. The van der Waals surface area contributed by atoms with Gasteiger partial charge in [-0.3, -0.25) is 9.78 Å². The van der Waals surface area contributed by atoms with Crippen molar-refractivity contribution in [1.82, 2.24) is 20.1 Å². The first kappa shape index (κ1) is 40.2. The second kappa shape index (κ2) is 18.4. The summed E-state index contributed by atoms with van der Waals surface area (Å²) in [5, 5.41) is 53.1. The monoisotopic (exact) mass is 784 g/mol. The third-order valence-corrected chi connectivity index (χ3v) is 11.5. The second-order valence-corrected chi connectivity index (χ2v) is 15.6. The third-order valence-electron chi connectivity index (χ3n) is 10.0. The molecular formula is C39H49ClN4O9S. The lowest BCUT2D eigenvalue weighted by Gasteiger charge is -2.31. The molecule has 4 unspecified atom stereocenters. The van der Waals surface area contributed by atoms with Crippen LogP contribution in [-0.2, 0) is 21.7 Å². The van der Waals surface area contributed by atoms with Crippen LogP contribution in [0.4, 0.5) is 4.79 Å². The number of thioether (sulfide) groups is 1. The maximum Gasteiger partial charge on any atom is 0.317 e. The van der Waals surface area contributed by atoms with Gasteiger partial charge in [0.1, 0.15) is 24.1 Å². The number of amides is 3. The van der Waals surface area contributed by atoms with E-state index in [0.717, 1.165) is 64.3 Å². The highest BCUT2D eigenvalue weighted by Gasteiger charge is 2.48. The number of rotatable bonds is 21. The Kier molecular flexibility index (Phi) is 13.7. The number of carbonyl (C=O) groups excluding carboxylic acids is 2. The topological polar surface area (TPSA) is 185 Å². The molecule has 0 radical (unpaired) electrons. The van der Waals surface area contributed by atoms with Crippen molar-refractivity contribution in [2.24, 2.45) is 0 Å². The van der Waals surface area contributed by atoms with E-state index in [-0.39, 0.29) is 31.8 Å². The molecule has 2 aliphatic carbocycles. The van der Waals surface area contributed by atoms with E-state index in [1.807, 2.05) is 48.7 Å². The number of nitrogens with one attached hydrogen (secondary N) is 1. The SMILES string of the molecule is O=C1NCCN1CCN(CCCCSc1ccc(Cl)c(COC2(c3cnccc3-c3ccccc3OC3CC3)CC2)c1)C(=O)C(O)C(O)C(O)C(O)CO. The molecule has 3 aliphatic rings. The molecule has 3 fully saturated rings. The van der Waals surface area contributed by atoms with Crippen molar-refractivity contribution in [1.29, 1.82) is 0 Å². The van der Waals surface area contributed by atoms with Crippen LogP contribution in [0.15, 0.2) is 65.8 Å². The van der Waals surface area contributed by atoms with Crippen LogP contribution < -0.4 is 10.1 Å². The molecule has 13 nitrogen and oxygen atoms in total. The lowest BCUT2D eigenvalue weighted by molar-refractivity contribution is -0.158. The van der Waals surface area contributed by atoms with Gasteiger partial charge in [0.2, 0.25) is 0 Å². The van der Waals surface area contributed by atoms with Crippen molar-refractivity contribution in [3.8, 4) is 16.9 Å². The standard InChI is InChI=1S/C39H49ClN4O9S/c40-31-10-9-27(54-20-4-3-16-43(18-19-44-17-15-42-38(44)51)37(50)36(49)35(48)34(47)32(46)23-45)21-25(31)24-52-39(12-13-39)30-22-41-14-11-28(30)29-5-1-2-6-33(29)53-26-7-8-26/h1-2,5-6,9-11,14,21-22,26,32,34-36,45-49H,3-4,7-8,12-13,15-20,23-24H2,(H,42,51). The summed E-state index contributed by atoms with van der Waals surface area (Å²) in [6.07, 6.45) is 1.43. The average molecular weight is 785 g/mol. The Bertz CT molecular complexity index is 1750. The van der Waals surface area contributed by atoms with Gasteiger partial charge in [0.15, 0.2) is 6.10 Å². The number of ether oxygens (including phenoxy) is 2. The summed E-state index contributed by atoms with van der Waals surface area (Å²) >= 11 is 8.29. The lowest BCUT2D eigenvalue weighted by Crippen LogP contribution is -2.53. The fourth-order valence-electron chi connectivity index (χ4n) is 6.47. The number of hydrogen-bond acceptors (Lipinski definition) is 11. The molecule has 2 aromatic carbocycles. The summed E-state index contributed by atoms with van der Waals surface area (Å²) in [5.74, 6) is 0.748. The molecule has 3 amide bonds. The van der Waals surface area contributed by atoms with Crippen LogP contribution in [0.1, 0.15) is 49.7 Å². The molecule has 1 saturated heterocycles. The summed E-state index contributed by atoms with van der Waals surface area (Å²) < 4.78 is 12.9. The number of aliphatic hydroxyl groups excluding tert-OH is 5. The lowest BCUT2D eigenvalue weighted by atomic mass is 9.96. The van der Waals surface area contributed by atoms with Gasteiger partial charge in [-0.1, -0.05) is 29.8 Å². The van der Waals surface area contributed by atoms with Gasteiger partial charge in [-0.2, -0.15) is 0 Å². The smallest absolute Gasteiger partial charge is 0.317 e. The summed E-state index contributed by atoms with van der Waals surface area (Å²) in [5.41, 5.74) is 3.53. The largest absolute Gasteiger partial charge is 0.490 e. The fraction of sp³-hybridized carbons (Fsp3) is 0.513. The number of pyridine rings is 1. The summed E-state index contributed by atoms with van der Waals surface area (Å²) in [6.45, 7) is 0.994. The molecule has 4 atom stereocenters. The van der Waals surface area contributed by atoms with E-state index in [2.05, 4.69) is 16.4 Å². The zero-order valence-electron chi connectivity index (χ0n) is 30.1. The van der Waals surface area contributed by atoms with E-state index in [1.165, 1.54) is 4.90 Å². The van der Waals surface area contributed by atoms with E-state index >= 15 is 0 Å². The zero-order valence-corrected chi connectivity index (χ0v) is 31.6. The van der Waals surface area contributed by atoms with E-state index in [1.54, 1.807) is 22.9 Å². The third kappa shape index (κ3) is 10.0. The summed E-state index contributed by atoms with van der Waals surface area (Å²) in [6, 6.07) is 15.8. The van der Waals surface area contributed by atoms with E-state index < -0.39 is 42.5 Å². The maximum atomic E-state index is 13.2. The van der Waals surface area contributed by atoms with E-state index in [0.29, 0.717) is 37.6 Å². The number of hydrogen-bond donors (Lipinski definition) is 6. The van der Waals surface area contributed by atoms with Crippen LogP contribution in [0.5, 0.6) is 5.75 Å². The van der Waals surface area contributed by atoms with Gasteiger partial charge in [0.05, 0.1) is 24.9 Å². The Labute approximate surface area is 324 Å². The van der Waals surface area contributed by atoms with Gasteiger partial charge in [-0.15, -0.1) is 11.8 Å². The first-order valence-electron chi connectivity index (χ1n) is 18.5. The molecule has 6 rings (SSSR count). The van der Waals surface area contributed by atoms with Crippen molar-refractivity contribution in [2.75, 3.05) is 45.1 Å². The Morgan fingerprint density at radius 2 is 1.85 bits per heavy atom. The molecule has 2 saturated carbocycles. The van der Waals surface area contributed by atoms with E-state index in [9.17, 15) is 30.0 Å². The summed E-state index contributed by atoms with van der Waals surface area (Å²) in [7, 11) is 0. The van der Waals surface area contributed by atoms with Crippen molar-refractivity contribution in [3.05, 3.63) is 77.1 Å². The fourth-order valence-corrected chi connectivity index (χ4v) is 7.62. The van der Waals surface area contributed by atoms with Crippen molar-refractivity contribution < 1.29 is 44.6 Å². The number of nitrogens with zero attached hydrogens (tertiary/aromatic N) is 3. The number of aliphatic hydroxyl groups is 5. The van der Waals surface area contributed by atoms with Crippen molar-refractivity contribution in [2.45, 2.75) is 86.1 Å². The Balaban J connectivity index is 1.03. The van der Waals surface area contributed by atoms with Crippen LogP contribution >= 0.6 is 23.4 Å². The highest BCUT2D eigenvalue weighted by molar-refractivity contribution is 7.99. The van der Waals surface area contributed by atoms with Gasteiger partial charge in [0.25, 0.3) is 5.91 Å². The number of carbonyl (C=O) groups is 2. The molecular weight excluding hydrogens is 736 g/mol. The zero-order chi connectivity index (χ0) is 38.2. The second-order valence-electron chi connectivity index (χ2n) is 14.0. The number of urea groups is 1. The minimum absolute atomic E-state index is 0.102. The molecule has 1 aromatic heterocycles. The predicted molar refractivity (Wildman–Crippen MR) is 203 cm³/mol. The Hall–Kier alpha value is -3.47. The van der Waals surface area contributed by atoms with Crippen molar-refractivity contribution in [3.63, 3.8) is 0 Å². The Morgan fingerprint density at radius 3 is 2.57 bits per heavy atom. The quantitative estimate of drug-likeness (QED) is 0.0688. The van der Waals surface area contributed by atoms with Gasteiger partial charge in [-0.25, -0.2) is 4.79 Å². The molecule has 15 heteroatoms. The maximum absolute atomic E-state index is 13.2. The van der Waals surface area contributed by atoms with Crippen LogP contribution in [0.25, 0.3) is 11.1 Å². The number of halogens is 1. The van der Waals surface area contributed by atoms with E-state index in [4.69, 9.17) is 26.2 Å². The Morgan fingerprint density at radius 1 is 1.06 bits per heavy atom. The first-order chi connectivity index (χ1) is 26.1. The molecule has 292 valence electrons. The summed E-state index contributed by atoms with van der Waals surface area (Å²) in [4.78, 5) is 33.6. The van der Waals surface area contributed by atoms with Crippen LogP contribution in [0.3, 0.4) is 0 Å². The van der Waals surface area contributed by atoms with Gasteiger partial charge < -0.3 is 50.1 Å². The predicted octanol–water partition coefficient (Wildman–Crippen LogP) is 3.31. The molecule has 2 heterocycles.